The third kappa shape index (κ3) is 1.77. The number of aldehydes is 1. The zero-order valence-electron chi connectivity index (χ0n) is 7.92. The Morgan fingerprint density at radius 3 is 2.67 bits per heavy atom. The average Bonchev–Trinajstić information content (AvgIpc) is 2.70. The molecule has 1 unspecified atom stereocenters. The highest BCUT2D eigenvalue weighted by Gasteiger charge is 2.19. The molecule has 0 bridgehead atoms. The minimum atomic E-state index is -1.39. The number of aromatic nitrogens is 1. The van der Waals surface area contributed by atoms with E-state index in [0.29, 0.717) is 12.0 Å². The Morgan fingerprint density at radius 1 is 1.27 bits per heavy atom. The van der Waals surface area contributed by atoms with Gasteiger partial charge in [-0.2, -0.15) is 0 Å². The fraction of sp³-hybridized carbons (Fsp3) is 0.182. The van der Waals surface area contributed by atoms with Crippen LogP contribution in [0.1, 0.15) is 11.8 Å². The van der Waals surface area contributed by atoms with Crippen molar-refractivity contribution in [3.63, 3.8) is 0 Å². The molecule has 1 aromatic carbocycles. The van der Waals surface area contributed by atoms with Crippen LogP contribution in [-0.4, -0.2) is 27.6 Å². The van der Waals surface area contributed by atoms with E-state index in [9.17, 15) is 9.90 Å². The van der Waals surface area contributed by atoms with Gasteiger partial charge in [-0.05, 0) is 17.5 Å². The average molecular weight is 205 g/mol. The number of carbonyl (C=O) groups is 1. The number of carbonyl (C=O) groups excluding carboxylic acids is 1. The molecule has 78 valence electrons. The molecule has 0 spiro atoms. The number of hydrogen-bond donors (Lipinski definition) is 3. The van der Waals surface area contributed by atoms with Gasteiger partial charge in [-0.15, -0.1) is 0 Å². The van der Waals surface area contributed by atoms with Crippen LogP contribution in [0.3, 0.4) is 0 Å². The molecule has 2 atom stereocenters. The maximum Gasteiger partial charge on any atom is 0.151 e. The first-order valence-electron chi connectivity index (χ1n) is 4.61. The van der Waals surface area contributed by atoms with E-state index in [-0.39, 0.29) is 0 Å². The normalized spacial score (nSPS) is 15.1. The van der Waals surface area contributed by atoms with E-state index >= 15 is 0 Å². The fourth-order valence-corrected chi connectivity index (χ4v) is 1.51. The van der Waals surface area contributed by atoms with Crippen LogP contribution >= 0.6 is 0 Å². The first-order valence-corrected chi connectivity index (χ1v) is 4.61. The van der Waals surface area contributed by atoms with Gasteiger partial charge in [0.25, 0.3) is 0 Å². The van der Waals surface area contributed by atoms with E-state index in [4.69, 9.17) is 5.11 Å². The van der Waals surface area contributed by atoms with Crippen molar-refractivity contribution in [3.8, 4) is 0 Å². The Bertz CT molecular complexity index is 444. The molecule has 2 rings (SSSR count). The van der Waals surface area contributed by atoms with Gasteiger partial charge < -0.3 is 20.0 Å². The quantitative estimate of drug-likeness (QED) is 0.648. The minimum Gasteiger partial charge on any atom is -0.384 e. The summed E-state index contributed by atoms with van der Waals surface area (Å²) in [6, 6.07) is 9.20. The van der Waals surface area contributed by atoms with Gasteiger partial charge in [0, 0.05) is 11.2 Å². The number of rotatable bonds is 3. The molecule has 1 heterocycles. The minimum absolute atomic E-state index is 0.316. The van der Waals surface area contributed by atoms with Crippen LogP contribution in [-0.2, 0) is 4.79 Å². The van der Waals surface area contributed by atoms with Crippen LogP contribution in [0, 0.1) is 0 Å². The van der Waals surface area contributed by atoms with Crippen molar-refractivity contribution in [2.24, 2.45) is 0 Å². The maximum atomic E-state index is 10.3. The summed E-state index contributed by atoms with van der Waals surface area (Å²) < 4.78 is 0. The Morgan fingerprint density at radius 2 is 2.00 bits per heavy atom. The summed E-state index contributed by atoms with van der Waals surface area (Å²) in [5.74, 6) is 0. The summed E-state index contributed by atoms with van der Waals surface area (Å²) in [5, 5.41) is 19.7. The summed E-state index contributed by atoms with van der Waals surface area (Å²) in [4.78, 5) is 13.3. The molecular formula is C11H11NO3. The second-order valence-electron chi connectivity index (χ2n) is 3.38. The van der Waals surface area contributed by atoms with Gasteiger partial charge in [-0.1, -0.05) is 18.2 Å². The first kappa shape index (κ1) is 9.89. The zero-order valence-corrected chi connectivity index (χ0v) is 7.92. The number of aliphatic hydroxyl groups is 2. The van der Waals surface area contributed by atoms with Crippen molar-refractivity contribution in [3.05, 3.63) is 36.0 Å². The van der Waals surface area contributed by atoms with Crippen molar-refractivity contribution in [1.82, 2.24) is 4.98 Å². The molecule has 4 nitrogen and oxygen atoms in total. The van der Waals surface area contributed by atoms with Crippen molar-refractivity contribution in [1.29, 1.82) is 0 Å². The molecule has 0 saturated carbocycles. The summed E-state index contributed by atoms with van der Waals surface area (Å²) >= 11 is 0. The van der Waals surface area contributed by atoms with Gasteiger partial charge in [-0.3, -0.25) is 0 Å². The molecule has 0 amide bonds. The fourth-order valence-electron chi connectivity index (χ4n) is 1.51. The lowest BCUT2D eigenvalue weighted by Gasteiger charge is -2.09. The SMILES string of the molecule is O=C[C@H](O)C(O)c1cc2ccccc2[nH]1. The molecule has 0 aliphatic rings. The molecule has 4 heteroatoms. The van der Waals surface area contributed by atoms with Gasteiger partial charge in [-0.25, -0.2) is 0 Å². The predicted molar refractivity (Wildman–Crippen MR) is 55.3 cm³/mol. The molecular weight excluding hydrogens is 194 g/mol. The molecule has 2 aromatic rings. The monoisotopic (exact) mass is 205 g/mol. The lowest BCUT2D eigenvalue weighted by Crippen LogP contribution is -2.19. The second-order valence-corrected chi connectivity index (χ2v) is 3.38. The lowest BCUT2D eigenvalue weighted by atomic mass is 10.1. The first-order chi connectivity index (χ1) is 7.22. The number of para-hydroxylation sites is 1. The molecule has 15 heavy (non-hydrogen) atoms. The Balaban J connectivity index is 2.40. The van der Waals surface area contributed by atoms with Crippen LogP contribution in [0.4, 0.5) is 0 Å². The molecule has 1 aromatic heterocycles. The summed E-state index contributed by atoms with van der Waals surface area (Å²) in [7, 11) is 0. The number of fused-ring (bicyclic) bond motifs is 1. The van der Waals surface area contributed by atoms with E-state index in [1.54, 1.807) is 6.07 Å². The van der Waals surface area contributed by atoms with Crippen molar-refractivity contribution >= 4 is 17.2 Å². The van der Waals surface area contributed by atoms with E-state index in [0.717, 1.165) is 10.9 Å². The highest BCUT2D eigenvalue weighted by molar-refractivity contribution is 5.80. The van der Waals surface area contributed by atoms with Crippen LogP contribution in [0.5, 0.6) is 0 Å². The van der Waals surface area contributed by atoms with Gasteiger partial charge in [0.1, 0.15) is 12.2 Å². The number of aliphatic hydroxyl groups excluding tert-OH is 2. The standard InChI is InChI=1S/C11H11NO3/c13-6-10(14)11(15)9-5-7-3-1-2-4-8(7)12-9/h1-6,10-12,14-15H/t10-,11?/m0/s1. The van der Waals surface area contributed by atoms with Crippen molar-refractivity contribution in [2.45, 2.75) is 12.2 Å². The summed E-state index contributed by atoms with van der Waals surface area (Å²) in [5.41, 5.74) is 1.31. The van der Waals surface area contributed by atoms with Crippen LogP contribution < -0.4 is 0 Å². The van der Waals surface area contributed by atoms with Gasteiger partial charge >= 0.3 is 0 Å². The molecule has 0 fully saturated rings. The molecule has 0 saturated heterocycles. The maximum absolute atomic E-state index is 10.3. The van der Waals surface area contributed by atoms with Gasteiger partial charge in [0.2, 0.25) is 0 Å². The van der Waals surface area contributed by atoms with E-state index in [1.807, 2.05) is 24.3 Å². The highest BCUT2D eigenvalue weighted by Crippen LogP contribution is 2.21. The zero-order chi connectivity index (χ0) is 10.8. The largest absolute Gasteiger partial charge is 0.384 e. The second kappa shape index (κ2) is 3.84. The molecule has 3 N–H and O–H groups in total. The lowest BCUT2D eigenvalue weighted by molar-refractivity contribution is -0.120. The third-order valence-corrected chi connectivity index (χ3v) is 2.33. The van der Waals surface area contributed by atoms with Crippen LogP contribution in [0.15, 0.2) is 30.3 Å². The highest BCUT2D eigenvalue weighted by atomic mass is 16.3. The van der Waals surface area contributed by atoms with Gasteiger partial charge in [0.15, 0.2) is 6.29 Å². The Labute approximate surface area is 86.2 Å². The predicted octanol–water partition coefficient (Wildman–Crippen LogP) is 0.761. The molecule has 0 aliphatic heterocycles. The number of nitrogens with one attached hydrogen (secondary N) is 1. The number of H-pyrrole nitrogens is 1. The van der Waals surface area contributed by atoms with Crippen molar-refractivity contribution < 1.29 is 15.0 Å². The van der Waals surface area contributed by atoms with Crippen molar-refractivity contribution in [2.75, 3.05) is 0 Å². The Kier molecular flexibility index (Phi) is 2.53. The number of aromatic amines is 1. The van der Waals surface area contributed by atoms with E-state index in [1.165, 1.54) is 0 Å². The van der Waals surface area contributed by atoms with Gasteiger partial charge in [0.05, 0.1) is 0 Å². The van der Waals surface area contributed by atoms with Crippen LogP contribution in [0.2, 0.25) is 0 Å². The summed E-state index contributed by atoms with van der Waals surface area (Å²) in [6.07, 6.45) is -2.27. The Hall–Kier alpha value is -1.65. The molecule has 0 aliphatic carbocycles. The third-order valence-electron chi connectivity index (χ3n) is 2.33. The topological polar surface area (TPSA) is 73.3 Å². The van der Waals surface area contributed by atoms with E-state index < -0.39 is 12.2 Å². The van der Waals surface area contributed by atoms with E-state index in [2.05, 4.69) is 4.98 Å². The van der Waals surface area contributed by atoms with Crippen LogP contribution in [0.25, 0.3) is 10.9 Å². The number of hydrogen-bond acceptors (Lipinski definition) is 3. The summed E-state index contributed by atoms with van der Waals surface area (Å²) in [6.45, 7) is 0. The number of benzene rings is 1. The smallest absolute Gasteiger partial charge is 0.151 e. The molecule has 0 radical (unpaired) electrons.